The number of fused-ring (bicyclic) bond motifs is 1. The van der Waals surface area contributed by atoms with Gasteiger partial charge in [0.2, 0.25) is 0 Å². The lowest BCUT2D eigenvalue weighted by Gasteiger charge is -1.99. The first kappa shape index (κ1) is 11.9. The van der Waals surface area contributed by atoms with E-state index in [1.165, 1.54) is 10.9 Å². The predicted molar refractivity (Wildman–Crippen MR) is 75.6 cm³/mol. The molecular weight excluding hydrogens is 315 g/mol. The van der Waals surface area contributed by atoms with E-state index in [0.29, 0.717) is 11.3 Å². The van der Waals surface area contributed by atoms with Crippen molar-refractivity contribution in [2.24, 2.45) is 0 Å². The van der Waals surface area contributed by atoms with Crippen molar-refractivity contribution in [2.75, 3.05) is 0 Å². The molecule has 92 valence electrons. The van der Waals surface area contributed by atoms with E-state index in [0.717, 1.165) is 15.1 Å². The summed E-state index contributed by atoms with van der Waals surface area (Å²) in [5, 5.41) is 0. The summed E-state index contributed by atoms with van der Waals surface area (Å²) in [6.45, 7) is 4.11. The third-order valence-corrected chi connectivity index (χ3v) is 4.56. The van der Waals surface area contributed by atoms with Gasteiger partial charge in [-0.05, 0) is 32.0 Å². The van der Waals surface area contributed by atoms with Crippen LogP contribution in [-0.4, -0.2) is 9.38 Å². The molecule has 0 unspecified atom stereocenters. The van der Waals surface area contributed by atoms with Crippen molar-refractivity contribution >= 4 is 32.2 Å². The zero-order chi connectivity index (χ0) is 12.9. The molecule has 0 bridgehead atoms. The van der Waals surface area contributed by atoms with Gasteiger partial charge >= 0.3 is 0 Å². The minimum Gasteiger partial charge on any atom is -0.294 e. The second kappa shape index (κ2) is 4.17. The lowest BCUT2D eigenvalue weighted by molar-refractivity contribution is 0.630. The predicted octanol–water partition coefficient (Wildman–Crippen LogP) is 4.58. The second-order valence-electron chi connectivity index (χ2n) is 4.15. The average molecular weight is 325 g/mol. The number of hydrogen-bond acceptors (Lipinski definition) is 2. The molecule has 1 aromatic carbocycles. The number of aryl methyl sites for hydroxylation is 2. The minimum absolute atomic E-state index is 0.252. The summed E-state index contributed by atoms with van der Waals surface area (Å²) >= 11 is 4.98. The van der Waals surface area contributed by atoms with Crippen molar-refractivity contribution in [2.45, 2.75) is 13.8 Å². The Morgan fingerprint density at radius 3 is 2.83 bits per heavy atom. The SMILES string of the molecule is Cc1sc2nc(-c3cc(Br)ccc3F)cn2c1C. The van der Waals surface area contributed by atoms with Gasteiger partial charge in [-0.3, -0.25) is 4.40 Å². The Morgan fingerprint density at radius 2 is 2.11 bits per heavy atom. The molecule has 0 saturated carbocycles. The van der Waals surface area contributed by atoms with Gasteiger partial charge in [-0.1, -0.05) is 15.9 Å². The maximum atomic E-state index is 13.8. The van der Waals surface area contributed by atoms with Crippen LogP contribution in [0, 0.1) is 19.7 Å². The normalized spacial score (nSPS) is 11.3. The first-order valence-corrected chi connectivity index (χ1v) is 7.08. The topological polar surface area (TPSA) is 17.3 Å². The number of hydrogen-bond donors (Lipinski definition) is 0. The van der Waals surface area contributed by atoms with Crippen LogP contribution in [0.4, 0.5) is 4.39 Å². The van der Waals surface area contributed by atoms with Crippen LogP contribution < -0.4 is 0 Å². The molecule has 0 aliphatic heterocycles. The molecule has 0 atom stereocenters. The summed E-state index contributed by atoms with van der Waals surface area (Å²) in [6.07, 6.45) is 1.89. The molecular formula is C13H10BrFN2S. The first-order chi connectivity index (χ1) is 8.56. The van der Waals surface area contributed by atoms with Crippen molar-refractivity contribution in [3.63, 3.8) is 0 Å². The maximum Gasteiger partial charge on any atom is 0.194 e. The summed E-state index contributed by atoms with van der Waals surface area (Å²) < 4.78 is 16.7. The van der Waals surface area contributed by atoms with Gasteiger partial charge in [-0.25, -0.2) is 9.37 Å². The number of benzene rings is 1. The zero-order valence-corrected chi connectivity index (χ0v) is 12.3. The van der Waals surface area contributed by atoms with Crippen molar-refractivity contribution in [1.29, 1.82) is 0 Å². The Balaban J connectivity index is 2.22. The Labute approximate surface area is 116 Å². The summed E-state index contributed by atoms with van der Waals surface area (Å²) in [7, 11) is 0. The van der Waals surface area contributed by atoms with E-state index in [-0.39, 0.29) is 5.82 Å². The molecule has 5 heteroatoms. The Bertz CT molecular complexity index is 745. The summed E-state index contributed by atoms with van der Waals surface area (Å²) in [4.78, 5) is 6.62. The van der Waals surface area contributed by atoms with Crippen LogP contribution >= 0.6 is 27.3 Å². The fourth-order valence-electron chi connectivity index (χ4n) is 1.88. The van der Waals surface area contributed by atoms with Crippen LogP contribution in [0.2, 0.25) is 0 Å². The van der Waals surface area contributed by atoms with E-state index < -0.39 is 0 Å². The highest BCUT2D eigenvalue weighted by atomic mass is 79.9. The Kier molecular flexibility index (Phi) is 2.75. The minimum atomic E-state index is -0.252. The molecule has 0 aliphatic carbocycles. The molecule has 3 aromatic rings. The Morgan fingerprint density at radius 1 is 1.33 bits per heavy atom. The quantitative estimate of drug-likeness (QED) is 0.640. The van der Waals surface area contributed by atoms with Crippen LogP contribution in [0.1, 0.15) is 10.6 Å². The number of imidazole rings is 1. The zero-order valence-electron chi connectivity index (χ0n) is 9.87. The molecule has 0 spiro atoms. The maximum absolute atomic E-state index is 13.8. The number of nitrogens with zero attached hydrogens (tertiary/aromatic N) is 2. The van der Waals surface area contributed by atoms with Gasteiger partial charge < -0.3 is 0 Å². The molecule has 0 N–H and O–H groups in total. The lowest BCUT2D eigenvalue weighted by atomic mass is 10.1. The van der Waals surface area contributed by atoms with Crippen LogP contribution in [-0.2, 0) is 0 Å². The number of halogens is 2. The molecule has 2 aromatic heterocycles. The van der Waals surface area contributed by atoms with E-state index in [9.17, 15) is 4.39 Å². The Hall–Kier alpha value is -1.20. The third-order valence-electron chi connectivity index (χ3n) is 2.99. The van der Waals surface area contributed by atoms with Crippen molar-refractivity contribution in [3.8, 4) is 11.3 Å². The highest BCUT2D eigenvalue weighted by Gasteiger charge is 2.13. The largest absolute Gasteiger partial charge is 0.294 e. The summed E-state index contributed by atoms with van der Waals surface area (Å²) in [6, 6.07) is 4.89. The summed E-state index contributed by atoms with van der Waals surface area (Å²) in [5.74, 6) is -0.252. The van der Waals surface area contributed by atoms with Crippen LogP contribution in [0.3, 0.4) is 0 Å². The number of rotatable bonds is 1. The third kappa shape index (κ3) is 1.78. The van der Waals surface area contributed by atoms with Gasteiger partial charge in [0.15, 0.2) is 4.96 Å². The van der Waals surface area contributed by atoms with Crippen LogP contribution in [0.25, 0.3) is 16.2 Å². The molecule has 18 heavy (non-hydrogen) atoms. The fraction of sp³-hybridized carbons (Fsp3) is 0.154. The van der Waals surface area contributed by atoms with Gasteiger partial charge in [0, 0.05) is 26.8 Å². The molecule has 2 nitrogen and oxygen atoms in total. The number of thiazole rings is 1. The standard InChI is InChI=1S/C13H10BrFN2S/c1-7-8(2)18-13-16-12(6-17(7)13)10-5-9(14)3-4-11(10)15/h3-6H,1-2H3. The second-order valence-corrected chi connectivity index (χ2v) is 6.24. The molecule has 0 saturated heterocycles. The lowest BCUT2D eigenvalue weighted by Crippen LogP contribution is -1.85. The monoisotopic (exact) mass is 324 g/mol. The van der Waals surface area contributed by atoms with Crippen LogP contribution in [0.15, 0.2) is 28.9 Å². The molecule has 0 fully saturated rings. The molecule has 2 heterocycles. The van der Waals surface area contributed by atoms with E-state index in [2.05, 4.69) is 27.8 Å². The molecule has 0 amide bonds. The smallest absolute Gasteiger partial charge is 0.194 e. The van der Waals surface area contributed by atoms with E-state index in [1.54, 1.807) is 23.5 Å². The van der Waals surface area contributed by atoms with Crippen molar-refractivity contribution < 1.29 is 4.39 Å². The van der Waals surface area contributed by atoms with E-state index >= 15 is 0 Å². The van der Waals surface area contributed by atoms with Crippen molar-refractivity contribution in [3.05, 3.63) is 45.3 Å². The van der Waals surface area contributed by atoms with E-state index in [4.69, 9.17) is 0 Å². The van der Waals surface area contributed by atoms with Gasteiger partial charge in [0.1, 0.15) is 5.82 Å². The highest BCUT2D eigenvalue weighted by Crippen LogP contribution is 2.29. The molecule has 0 radical (unpaired) electrons. The van der Waals surface area contributed by atoms with Crippen LogP contribution in [0.5, 0.6) is 0 Å². The fourth-order valence-corrected chi connectivity index (χ4v) is 3.19. The molecule has 0 aliphatic rings. The first-order valence-electron chi connectivity index (χ1n) is 5.47. The summed E-state index contributed by atoms with van der Waals surface area (Å²) in [5.41, 5.74) is 2.35. The average Bonchev–Trinajstić information content (AvgIpc) is 2.84. The van der Waals surface area contributed by atoms with Gasteiger partial charge in [0.05, 0.1) is 5.69 Å². The van der Waals surface area contributed by atoms with Gasteiger partial charge in [-0.2, -0.15) is 0 Å². The van der Waals surface area contributed by atoms with E-state index in [1.807, 2.05) is 17.5 Å². The van der Waals surface area contributed by atoms with Gasteiger partial charge in [0.25, 0.3) is 0 Å². The molecule has 3 rings (SSSR count). The number of aromatic nitrogens is 2. The van der Waals surface area contributed by atoms with Crippen molar-refractivity contribution in [1.82, 2.24) is 9.38 Å². The highest BCUT2D eigenvalue weighted by molar-refractivity contribution is 9.10. The van der Waals surface area contributed by atoms with Gasteiger partial charge in [-0.15, -0.1) is 11.3 Å².